The molecule has 1 amide bonds. The molecule has 1 saturated carbocycles. The number of methoxy groups -OCH3 is 2. The first-order valence-corrected chi connectivity index (χ1v) is 12.0. The SMILES string of the molecule is COCCCOc1cc(C(=O)N(C[C@H]2CNC[C@@H]2Cc2ccccc2)C2CC2)ccc1OC. The van der Waals surface area contributed by atoms with Crippen LogP contribution in [0.2, 0.25) is 0 Å². The molecule has 6 nitrogen and oxygen atoms in total. The van der Waals surface area contributed by atoms with Crippen LogP contribution in [0.3, 0.4) is 0 Å². The third-order valence-corrected chi connectivity index (χ3v) is 6.66. The van der Waals surface area contributed by atoms with Gasteiger partial charge in [-0.15, -0.1) is 0 Å². The summed E-state index contributed by atoms with van der Waals surface area (Å²) in [5, 5.41) is 3.56. The second-order valence-electron chi connectivity index (χ2n) is 9.12. The minimum atomic E-state index is 0.0901. The molecule has 0 spiro atoms. The van der Waals surface area contributed by atoms with E-state index in [1.807, 2.05) is 18.2 Å². The van der Waals surface area contributed by atoms with E-state index >= 15 is 0 Å². The van der Waals surface area contributed by atoms with Crippen LogP contribution >= 0.6 is 0 Å². The second-order valence-corrected chi connectivity index (χ2v) is 9.12. The predicted octanol–water partition coefficient (Wildman–Crippen LogP) is 3.79. The monoisotopic (exact) mass is 452 g/mol. The maximum absolute atomic E-state index is 13.6. The first-order chi connectivity index (χ1) is 16.2. The molecule has 2 aliphatic rings. The lowest BCUT2D eigenvalue weighted by molar-refractivity contribution is 0.0704. The Balaban J connectivity index is 1.45. The van der Waals surface area contributed by atoms with Gasteiger partial charge in [-0.1, -0.05) is 30.3 Å². The molecule has 178 valence electrons. The molecule has 0 aromatic heterocycles. The summed E-state index contributed by atoms with van der Waals surface area (Å²) in [6, 6.07) is 16.5. The van der Waals surface area contributed by atoms with Crippen molar-refractivity contribution in [3.8, 4) is 11.5 Å². The van der Waals surface area contributed by atoms with Crippen LogP contribution in [0.25, 0.3) is 0 Å². The summed E-state index contributed by atoms with van der Waals surface area (Å²) in [5.74, 6) is 2.34. The molecule has 0 unspecified atom stereocenters. The Morgan fingerprint density at radius 2 is 1.79 bits per heavy atom. The van der Waals surface area contributed by atoms with Gasteiger partial charge in [-0.3, -0.25) is 4.79 Å². The number of benzene rings is 2. The topological polar surface area (TPSA) is 60.0 Å². The number of ether oxygens (including phenoxy) is 3. The van der Waals surface area contributed by atoms with E-state index in [2.05, 4.69) is 40.5 Å². The normalized spacial score (nSPS) is 19.9. The van der Waals surface area contributed by atoms with Crippen molar-refractivity contribution in [1.82, 2.24) is 10.2 Å². The number of nitrogens with zero attached hydrogens (tertiary/aromatic N) is 1. The molecule has 4 rings (SSSR count). The lowest BCUT2D eigenvalue weighted by Crippen LogP contribution is -2.39. The molecule has 33 heavy (non-hydrogen) atoms. The molecule has 2 aromatic carbocycles. The fourth-order valence-corrected chi connectivity index (χ4v) is 4.67. The van der Waals surface area contributed by atoms with Crippen LogP contribution in [0.15, 0.2) is 48.5 Å². The van der Waals surface area contributed by atoms with E-state index < -0.39 is 0 Å². The van der Waals surface area contributed by atoms with Crippen molar-refractivity contribution in [3.63, 3.8) is 0 Å². The van der Waals surface area contributed by atoms with E-state index in [9.17, 15) is 4.79 Å². The number of carbonyl (C=O) groups is 1. The lowest BCUT2D eigenvalue weighted by Gasteiger charge is -2.29. The van der Waals surface area contributed by atoms with Crippen molar-refractivity contribution in [2.24, 2.45) is 11.8 Å². The summed E-state index contributed by atoms with van der Waals surface area (Å²) in [6.07, 6.45) is 4.01. The Morgan fingerprint density at radius 1 is 1.00 bits per heavy atom. The van der Waals surface area contributed by atoms with Crippen molar-refractivity contribution < 1.29 is 19.0 Å². The Kier molecular flexibility index (Phi) is 8.24. The number of rotatable bonds is 12. The Morgan fingerprint density at radius 3 is 2.52 bits per heavy atom. The average Bonchev–Trinajstić information content (AvgIpc) is 3.60. The number of carbonyl (C=O) groups excluding carboxylic acids is 1. The molecule has 2 fully saturated rings. The van der Waals surface area contributed by atoms with E-state index in [0.29, 0.717) is 48.2 Å². The number of hydrogen-bond donors (Lipinski definition) is 1. The molecule has 6 heteroatoms. The molecule has 1 heterocycles. The van der Waals surface area contributed by atoms with Crippen molar-refractivity contribution in [3.05, 3.63) is 59.7 Å². The zero-order chi connectivity index (χ0) is 23.0. The van der Waals surface area contributed by atoms with Gasteiger partial charge >= 0.3 is 0 Å². The highest BCUT2D eigenvalue weighted by Gasteiger charge is 2.37. The van der Waals surface area contributed by atoms with Crippen molar-refractivity contribution in [1.29, 1.82) is 0 Å². The van der Waals surface area contributed by atoms with Gasteiger partial charge in [0.05, 0.1) is 13.7 Å². The number of nitrogens with one attached hydrogen (secondary N) is 1. The highest BCUT2D eigenvalue weighted by atomic mass is 16.5. The summed E-state index contributed by atoms with van der Waals surface area (Å²) in [4.78, 5) is 15.7. The fourth-order valence-electron chi connectivity index (χ4n) is 4.67. The highest BCUT2D eigenvalue weighted by molar-refractivity contribution is 5.95. The van der Waals surface area contributed by atoms with Crippen LogP contribution in [0.1, 0.15) is 35.2 Å². The summed E-state index contributed by atoms with van der Waals surface area (Å²) < 4.78 is 16.4. The van der Waals surface area contributed by atoms with Gasteiger partial charge in [-0.05, 0) is 68.0 Å². The molecule has 0 bridgehead atoms. The predicted molar refractivity (Wildman–Crippen MR) is 129 cm³/mol. The minimum Gasteiger partial charge on any atom is -0.493 e. The Bertz CT molecular complexity index is 900. The molecular formula is C27H36N2O4. The minimum absolute atomic E-state index is 0.0901. The summed E-state index contributed by atoms with van der Waals surface area (Å²) in [7, 11) is 3.30. The smallest absolute Gasteiger partial charge is 0.254 e. The maximum Gasteiger partial charge on any atom is 0.254 e. The number of amides is 1. The van der Waals surface area contributed by atoms with Crippen molar-refractivity contribution in [2.75, 3.05) is 47.1 Å². The van der Waals surface area contributed by atoms with E-state index in [-0.39, 0.29) is 5.91 Å². The molecule has 0 radical (unpaired) electrons. The van der Waals surface area contributed by atoms with Gasteiger partial charge in [0.15, 0.2) is 11.5 Å². The first-order valence-electron chi connectivity index (χ1n) is 12.0. The van der Waals surface area contributed by atoms with Crippen molar-refractivity contribution in [2.45, 2.75) is 31.7 Å². The van der Waals surface area contributed by atoms with Crippen LogP contribution < -0.4 is 14.8 Å². The summed E-state index contributed by atoms with van der Waals surface area (Å²) in [6.45, 7) is 3.92. The third-order valence-electron chi connectivity index (χ3n) is 6.66. The quantitative estimate of drug-likeness (QED) is 0.497. The zero-order valence-electron chi connectivity index (χ0n) is 19.8. The Labute approximate surface area is 197 Å². The molecular weight excluding hydrogens is 416 g/mol. The van der Waals surface area contributed by atoms with E-state index in [0.717, 1.165) is 45.3 Å². The van der Waals surface area contributed by atoms with Gasteiger partial charge in [-0.25, -0.2) is 0 Å². The first kappa shape index (κ1) is 23.6. The number of hydrogen-bond acceptors (Lipinski definition) is 5. The molecule has 2 atom stereocenters. The van der Waals surface area contributed by atoms with Gasteiger partial charge < -0.3 is 24.4 Å². The van der Waals surface area contributed by atoms with Gasteiger partial charge in [0.2, 0.25) is 0 Å². The van der Waals surface area contributed by atoms with Crippen LogP contribution in [0.4, 0.5) is 0 Å². The van der Waals surface area contributed by atoms with Crippen LogP contribution in [0, 0.1) is 11.8 Å². The average molecular weight is 453 g/mol. The van der Waals surface area contributed by atoms with E-state index in [4.69, 9.17) is 14.2 Å². The standard InChI is InChI=1S/C27H36N2O4/c1-31-13-6-14-33-26-16-21(9-12-25(26)32-2)27(30)29(24-10-11-24)19-23-18-28-17-22(23)15-20-7-4-3-5-8-20/h3-5,7-9,12,16,22-24,28H,6,10-11,13-15,17-19H2,1-2H3/t22-,23+/m0/s1. The highest BCUT2D eigenvalue weighted by Crippen LogP contribution is 2.34. The van der Waals surface area contributed by atoms with Crippen LogP contribution in [0.5, 0.6) is 11.5 Å². The molecule has 1 aliphatic carbocycles. The molecule has 2 aromatic rings. The molecule has 1 N–H and O–H groups in total. The molecule has 1 saturated heterocycles. The van der Waals surface area contributed by atoms with E-state index in [1.54, 1.807) is 14.2 Å². The third kappa shape index (κ3) is 6.27. The largest absolute Gasteiger partial charge is 0.493 e. The lowest BCUT2D eigenvalue weighted by atomic mass is 9.89. The Hall–Kier alpha value is -2.57. The second kappa shape index (κ2) is 11.5. The van der Waals surface area contributed by atoms with Crippen LogP contribution in [-0.2, 0) is 11.2 Å². The fraction of sp³-hybridized carbons (Fsp3) is 0.519. The summed E-state index contributed by atoms with van der Waals surface area (Å²) in [5.41, 5.74) is 2.03. The van der Waals surface area contributed by atoms with Crippen LogP contribution in [-0.4, -0.2) is 63.9 Å². The van der Waals surface area contributed by atoms with Gasteiger partial charge in [0, 0.05) is 38.3 Å². The van der Waals surface area contributed by atoms with E-state index in [1.165, 1.54) is 5.56 Å². The van der Waals surface area contributed by atoms with Gasteiger partial charge in [0.25, 0.3) is 5.91 Å². The zero-order valence-corrected chi connectivity index (χ0v) is 19.8. The van der Waals surface area contributed by atoms with Crippen molar-refractivity contribution >= 4 is 5.91 Å². The van der Waals surface area contributed by atoms with Gasteiger partial charge in [0.1, 0.15) is 0 Å². The van der Waals surface area contributed by atoms with Gasteiger partial charge in [-0.2, -0.15) is 0 Å². The maximum atomic E-state index is 13.6. The molecule has 1 aliphatic heterocycles. The summed E-state index contributed by atoms with van der Waals surface area (Å²) >= 11 is 0.